The van der Waals surface area contributed by atoms with Gasteiger partial charge < -0.3 is 9.76 Å². The van der Waals surface area contributed by atoms with Crippen LogP contribution in [0.1, 0.15) is 0 Å². The van der Waals surface area contributed by atoms with Crippen molar-refractivity contribution in [2.24, 2.45) is 0 Å². The van der Waals surface area contributed by atoms with E-state index in [9.17, 15) is 18.2 Å². The third-order valence-electron chi connectivity index (χ3n) is 0.371. The van der Waals surface area contributed by atoms with Gasteiger partial charge in [-0.25, -0.2) is 18.2 Å². The van der Waals surface area contributed by atoms with Crippen molar-refractivity contribution in [1.82, 2.24) is 0 Å². The Hall–Kier alpha value is -0.538. The van der Waals surface area contributed by atoms with Gasteiger partial charge in [0.25, 0.3) is 0 Å². The Morgan fingerprint density at radius 3 is 1.90 bits per heavy atom. The zero-order chi connectivity index (χ0) is 7.44. The van der Waals surface area contributed by atoms with Gasteiger partial charge in [-0.2, -0.15) is 0 Å². The molecule has 0 amide bonds. The van der Waals surface area contributed by atoms with E-state index in [0.717, 1.165) is 0 Å². The average molecular weight is 145 g/mol. The Labute approximate surface area is 66.9 Å². The number of carbonyl (C=O) groups is 2. The van der Waals surface area contributed by atoms with E-state index in [1.807, 2.05) is 0 Å². The van der Waals surface area contributed by atoms with Crippen LogP contribution in [0.2, 0.25) is 0 Å². The molecule has 0 rings (SSSR count). The molecule has 0 heterocycles. The van der Waals surface area contributed by atoms with Gasteiger partial charge in [0.05, 0.1) is 0 Å². The van der Waals surface area contributed by atoms with Crippen LogP contribution in [0.3, 0.4) is 0 Å². The standard InChI is InChI=1S/C2HBF2O4.Li/c4-3(5)9-2(8)1(6)7;/h(H,6,7);. The molecule has 10 heavy (non-hydrogen) atoms. The van der Waals surface area contributed by atoms with Gasteiger partial charge in [-0.1, -0.05) is 0 Å². The molecule has 0 saturated heterocycles. The summed E-state index contributed by atoms with van der Waals surface area (Å²) in [6.45, 7) is 0. The molecule has 1 radical (unpaired) electrons. The Morgan fingerprint density at radius 1 is 1.40 bits per heavy atom. The fraction of sp³-hybridized carbons (Fsp3) is 0. The molecule has 0 unspecified atom stereocenters. The summed E-state index contributed by atoms with van der Waals surface area (Å²) in [7, 11) is -3.37. The Bertz CT molecular complexity index is 139. The molecular weight excluding hydrogens is 144 g/mol. The van der Waals surface area contributed by atoms with Gasteiger partial charge in [-0.15, -0.1) is 0 Å². The number of aliphatic carboxylic acids is 1. The summed E-state index contributed by atoms with van der Waals surface area (Å²) < 4.78 is 24.8. The summed E-state index contributed by atoms with van der Waals surface area (Å²) in [6.07, 6.45) is 0. The molecule has 1 N–H and O–H groups in total. The van der Waals surface area contributed by atoms with Gasteiger partial charge in [0.15, 0.2) is 0 Å². The first kappa shape index (κ1) is 12.2. The summed E-state index contributed by atoms with van der Waals surface area (Å²) in [5.41, 5.74) is 0. The topological polar surface area (TPSA) is 63.6 Å². The number of carboxylic acids is 1. The van der Waals surface area contributed by atoms with Crippen LogP contribution < -0.4 is 0 Å². The zero-order valence-corrected chi connectivity index (χ0v) is 5.01. The SMILES string of the molecule is O=C(O)C(=O)OB(F)F.[Li]. The van der Waals surface area contributed by atoms with Crippen LogP contribution in [0.4, 0.5) is 8.63 Å². The fourth-order valence-corrected chi connectivity index (χ4v) is 0.131. The number of carbonyl (C=O) groups excluding carboxylic acids is 1. The first-order valence-corrected chi connectivity index (χ1v) is 1.76. The predicted octanol–water partition coefficient (Wildman–Crippen LogP) is -0.843. The molecule has 0 saturated carbocycles. The number of hydrogen-bond acceptors (Lipinski definition) is 3. The number of halogens is 2. The summed E-state index contributed by atoms with van der Waals surface area (Å²) in [5, 5.41) is 7.62. The van der Waals surface area contributed by atoms with E-state index in [2.05, 4.69) is 4.65 Å². The first-order chi connectivity index (χ1) is 4.04. The molecule has 4 nitrogen and oxygen atoms in total. The van der Waals surface area contributed by atoms with Gasteiger partial charge in [0.2, 0.25) is 0 Å². The Balaban J connectivity index is 0. The van der Waals surface area contributed by atoms with E-state index in [1.54, 1.807) is 0 Å². The van der Waals surface area contributed by atoms with Gasteiger partial charge >= 0.3 is 19.4 Å². The van der Waals surface area contributed by atoms with Crippen LogP contribution in [0.15, 0.2) is 0 Å². The number of carboxylic acid groups (broad SMARTS) is 1. The van der Waals surface area contributed by atoms with Gasteiger partial charge in [-0.3, -0.25) is 0 Å². The second-order valence-corrected chi connectivity index (χ2v) is 0.971. The summed E-state index contributed by atoms with van der Waals surface area (Å²) in [6, 6.07) is 0. The van der Waals surface area contributed by atoms with E-state index in [0.29, 0.717) is 0 Å². The van der Waals surface area contributed by atoms with Crippen molar-refractivity contribution >= 4 is 38.3 Å². The molecule has 0 aliphatic rings. The minimum absolute atomic E-state index is 0. The van der Waals surface area contributed by atoms with Crippen molar-refractivity contribution in [2.75, 3.05) is 0 Å². The molecule has 0 aromatic heterocycles. The van der Waals surface area contributed by atoms with Crippen molar-refractivity contribution < 1.29 is 28.0 Å². The van der Waals surface area contributed by atoms with Crippen LogP contribution in [0, 0.1) is 0 Å². The molecular formula is C2HBF2LiO4. The van der Waals surface area contributed by atoms with Crippen LogP contribution in [-0.2, 0) is 14.2 Å². The van der Waals surface area contributed by atoms with E-state index in [-0.39, 0.29) is 18.9 Å². The van der Waals surface area contributed by atoms with E-state index < -0.39 is 19.4 Å². The van der Waals surface area contributed by atoms with Gasteiger partial charge in [0.1, 0.15) is 0 Å². The molecule has 0 aliphatic heterocycles. The van der Waals surface area contributed by atoms with Gasteiger partial charge in [0, 0.05) is 18.9 Å². The van der Waals surface area contributed by atoms with Gasteiger partial charge in [-0.05, 0) is 0 Å². The summed E-state index contributed by atoms with van der Waals surface area (Å²) in [4.78, 5) is 19.1. The maximum Gasteiger partial charge on any atom is 0.798 e. The van der Waals surface area contributed by atoms with E-state index >= 15 is 0 Å². The molecule has 0 aromatic carbocycles. The summed E-state index contributed by atoms with van der Waals surface area (Å²) in [5.74, 6) is -3.99. The van der Waals surface area contributed by atoms with E-state index in [1.165, 1.54) is 0 Å². The fourth-order valence-electron chi connectivity index (χ4n) is 0.131. The van der Waals surface area contributed by atoms with Crippen molar-refractivity contribution in [3.63, 3.8) is 0 Å². The molecule has 0 atom stereocenters. The van der Waals surface area contributed by atoms with Crippen molar-refractivity contribution in [1.29, 1.82) is 0 Å². The second-order valence-electron chi connectivity index (χ2n) is 0.971. The zero-order valence-electron chi connectivity index (χ0n) is 5.01. The van der Waals surface area contributed by atoms with Crippen LogP contribution in [0.5, 0.6) is 0 Å². The van der Waals surface area contributed by atoms with Crippen molar-refractivity contribution in [3.8, 4) is 0 Å². The first-order valence-electron chi connectivity index (χ1n) is 1.76. The largest absolute Gasteiger partial charge is 0.798 e. The normalized spacial score (nSPS) is 7.40. The minimum atomic E-state index is -3.37. The third-order valence-corrected chi connectivity index (χ3v) is 0.371. The maximum absolute atomic E-state index is 10.9. The predicted molar refractivity (Wildman–Crippen MR) is 27.5 cm³/mol. The molecule has 51 valence electrons. The second kappa shape index (κ2) is 5.26. The molecule has 8 heteroatoms. The van der Waals surface area contributed by atoms with Crippen molar-refractivity contribution in [3.05, 3.63) is 0 Å². The number of hydrogen-bond donors (Lipinski definition) is 1. The van der Waals surface area contributed by atoms with Crippen LogP contribution >= 0.6 is 0 Å². The van der Waals surface area contributed by atoms with Crippen molar-refractivity contribution in [2.45, 2.75) is 0 Å². The Kier molecular flexibility index (Phi) is 6.40. The van der Waals surface area contributed by atoms with Crippen LogP contribution in [-0.4, -0.2) is 43.4 Å². The average Bonchev–Trinajstić information content (AvgIpc) is 1.63. The summed E-state index contributed by atoms with van der Waals surface area (Å²) >= 11 is 0. The van der Waals surface area contributed by atoms with Crippen LogP contribution in [0.25, 0.3) is 0 Å². The maximum atomic E-state index is 10.9. The quantitative estimate of drug-likeness (QED) is 0.385. The smallest absolute Gasteiger partial charge is 0.473 e. The molecule has 0 aliphatic carbocycles. The number of rotatable bonds is 1. The molecule has 0 fully saturated rings. The minimum Gasteiger partial charge on any atom is -0.473 e. The molecule has 0 bridgehead atoms. The molecule has 0 spiro atoms. The third kappa shape index (κ3) is 5.60. The molecule has 0 aromatic rings. The monoisotopic (exact) mass is 145 g/mol. The van der Waals surface area contributed by atoms with E-state index in [4.69, 9.17) is 5.11 Å². The Morgan fingerprint density at radius 2 is 1.80 bits per heavy atom.